The molecule has 0 saturated heterocycles. The van der Waals surface area contributed by atoms with Gasteiger partial charge in [-0.05, 0) is 11.3 Å². The molecule has 0 aromatic carbocycles. The Hall–Kier alpha value is -1.63. The van der Waals surface area contributed by atoms with Crippen molar-refractivity contribution in [2.45, 2.75) is 27.7 Å². The van der Waals surface area contributed by atoms with E-state index in [9.17, 15) is 14.4 Å². The molecule has 0 bridgehead atoms. The van der Waals surface area contributed by atoms with Gasteiger partial charge < -0.3 is 15.2 Å². The lowest BCUT2D eigenvalue weighted by molar-refractivity contribution is -0.143. The van der Waals surface area contributed by atoms with Crippen molar-refractivity contribution in [3.63, 3.8) is 0 Å². The smallest absolute Gasteiger partial charge is 0.329 e. The van der Waals surface area contributed by atoms with Gasteiger partial charge in [0.15, 0.2) is 0 Å². The summed E-state index contributed by atoms with van der Waals surface area (Å²) in [5, 5.41) is 12.9. The lowest BCUT2D eigenvalue weighted by Gasteiger charge is -2.27. The van der Waals surface area contributed by atoms with Crippen LogP contribution in [0.4, 0.5) is 4.79 Å². The van der Waals surface area contributed by atoms with Crippen molar-refractivity contribution in [2.24, 2.45) is 11.3 Å². The van der Waals surface area contributed by atoms with Crippen LogP contribution < -0.4 is 10.6 Å². The fraction of sp³-hybridized carbons (Fsp3) is 0.750. The van der Waals surface area contributed by atoms with Crippen LogP contribution in [-0.4, -0.2) is 42.8 Å². The summed E-state index contributed by atoms with van der Waals surface area (Å²) in [4.78, 5) is 32.7. The van der Waals surface area contributed by atoms with E-state index in [1.165, 1.54) is 0 Å². The number of imide groups is 1. The fourth-order valence-electron chi connectivity index (χ4n) is 0.990. The molecule has 0 aromatic rings. The molecular weight excluding hydrogens is 252 g/mol. The van der Waals surface area contributed by atoms with E-state index in [-0.39, 0.29) is 11.3 Å². The summed E-state index contributed by atoms with van der Waals surface area (Å²) < 4.78 is 4.55. The van der Waals surface area contributed by atoms with Gasteiger partial charge in [-0.2, -0.15) is 0 Å². The molecule has 0 fully saturated rings. The molecule has 1 atom stereocenters. The summed E-state index contributed by atoms with van der Waals surface area (Å²) in [6.45, 7) is 7.58. The molecule has 3 amide bonds. The molecule has 110 valence electrons. The van der Waals surface area contributed by atoms with E-state index in [4.69, 9.17) is 5.11 Å². The Bertz CT molecular complexity index is 336. The van der Waals surface area contributed by atoms with Crippen molar-refractivity contribution in [3.05, 3.63) is 0 Å². The Balaban J connectivity index is 3.86. The third-order valence-electron chi connectivity index (χ3n) is 2.76. The molecule has 0 rings (SSSR count). The Morgan fingerprint density at radius 1 is 1.21 bits per heavy atom. The SMILES string of the molecule is CC(CNC(=O)NC(=O)COCC(=O)O)C(C)(C)C. The molecule has 0 aliphatic rings. The summed E-state index contributed by atoms with van der Waals surface area (Å²) in [7, 11) is 0. The largest absolute Gasteiger partial charge is 0.480 e. The van der Waals surface area contributed by atoms with Crippen molar-refractivity contribution < 1.29 is 24.2 Å². The lowest BCUT2D eigenvalue weighted by atomic mass is 9.82. The molecule has 7 heteroatoms. The number of hydrogen-bond acceptors (Lipinski definition) is 4. The number of nitrogens with one attached hydrogen (secondary N) is 2. The number of hydrogen-bond donors (Lipinski definition) is 3. The van der Waals surface area contributed by atoms with Gasteiger partial charge in [0.1, 0.15) is 13.2 Å². The summed E-state index contributed by atoms with van der Waals surface area (Å²) >= 11 is 0. The van der Waals surface area contributed by atoms with Crippen LogP contribution in [0.1, 0.15) is 27.7 Å². The van der Waals surface area contributed by atoms with E-state index in [0.717, 1.165) is 0 Å². The number of amides is 3. The second-order valence-corrected chi connectivity index (χ2v) is 5.41. The topological polar surface area (TPSA) is 105 Å². The second-order valence-electron chi connectivity index (χ2n) is 5.41. The number of carboxylic acids is 1. The van der Waals surface area contributed by atoms with Gasteiger partial charge in [-0.3, -0.25) is 10.1 Å². The molecule has 0 radical (unpaired) electrons. The minimum atomic E-state index is -1.17. The zero-order chi connectivity index (χ0) is 15.1. The van der Waals surface area contributed by atoms with Crippen molar-refractivity contribution in [1.29, 1.82) is 0 Å². The van der Waals surface area contributed by atoms with Gasteiger partial charge in [-0.1, -0.05) is 27.7 Å². The quantitative estimate of drug-likeness (QED) is 0.657. The Morgan fingerprint density at radius 3 is 2.26 bits per heavy atom. The maximum atomic E-state index is 11.4. The number of carbonyl (C=O) groups excluding carboxylic acids is 2. The van der Waals surface area contributed by atoms with E-state index in [0.29, 0.717) is 6.54 Å². The lowest BCUT2D eigenvalue weighted by Crippen LogP contribution is -2.44. The van der Waals surface area contributed by atoms with E-state index in [1.807, 2.05) is 6.92 Å². The molecular formula is C12H22N2O5. The van der Waals surface area contributed by atoms with Crippen LogP contribution >= 0.6 is 0 Å². The minimum Gasteiger partial charge on any atom is -0.480 e. The van der Waals surface area contributed by atoms with E-state index in [2.05, 4.69) is 36.1 Å². The van der Waals surface area contributed by atoms with Gasteiger partial charge in [0.2, 0.25) is 0 Å². The normalized spacial score (nSPS) is 12.6. The number of carboxylic acid groups (broad SMARTS) is 1. The van der Waals surface area contributed by atoms with Crippen LogP contribution in [0, 0.1) is 11.3 Å². The first-order valence-electron chi connectivity index (χ1n) is 6.00. The van der Waals surface area contributed by atoms with Crippen molar-refractivity contribution in [1.82, 2.24) is 10.6 Å². The number of carbonyl (C=O) groups is 3. The highest BCUT2D eigenvalue weighted by molar-refractivity contribution is 5.94. The van der Waals surface area contributed by atoms with Crippen LogP contribution in [-0.2, 0) is 14.3 Å². The van der Waals surface area contributed by atoms with Gasteiger partial charge in [0.05, 0.1) is 0 Å². The number of aliphatic carboxylic acids is 1. The molecule has 0 saturated carbocycles. The average Bonchev–Trinajstić information content (AvgIpc) is 2.23. The van der Waals surface area contributed by atoms with Crippen molar-refractivity contribution in [2.75, 3.05) is 19.8 Å². The third-order valence-corrected chi connectivity index (χ3v) is 2.76. The molecule has 19 heavy (non-hydrogen) atoms. The molecule has 7 nitrogen and oxygen atoms in total. The zero-order valence-electron chi connectivity index (χ0n) is 11.8. The van der Waals surface area contributed by atoms with E-state index < -0.39 is 31.1 Å². The first-order valence-corrected chi connectivity index (χ1v) is 6.00. The summed E-state index contributed by atoms with van der Waals surface area (Å²) in [5.74, 6) is -1.60. The highest BCUT2D eigenvalue weighted by Crippen LogP contribution is 2.24. The second kappa shape index (κ2) is 7.73. The maximum Gasteiger partial charge on any atom is 0.329 e. The Labute approximate surface area is 112 Å². The molecule has 0 aromatic heterocycles. The van der Waals surface area contributed by atoms with Crippen molar-refractivity contribution >= 4 is 17.9 Å². The highest BCUT2D eigenvalue weighted by Gasteiger charge is 2.20. The summed E-state index contributed by atoms with van der Waals surface area (Å²) in [6.07, 6.45) is 0. The Kier molecular flexibility index (Phi) is 7.06. The van der Waals surface area contributed by atoms with Gasteiger partial charge in [-0.15, -0.1) is 0 Å². The molecule has 0 spiro atoms. The van der Waals surface area contributed by atoms with Gasteiger partial charge in [-0.25, -0.2) is 9.59 Å². The van der Waals surface area contributed by atoms with Gasteiger partial charge in [0, 0.05) is 6.54 Å². The number of urea groups is 1. The molecule has 0 aliphatic heterocycles. The molecule has 1 unspecified atom stereocenters. The first kappa shape index (κ1) is 17.4. The Morgan fingerprint density at radius 2 is 1.79 bits per heavy atom. The zero-order valence-corrected chi connectivity index (χ0v) is 11.8. The average molecular weight is 274 g/mol. The van der Waals surface area contributed by atoms with Crippen LogP contribution in [0.5, 0.6) is 0 Å². The van der Waals surface area contributed by atoms with Crippen molar-refractivity contribution in [3.8, 4) is 0 Å². The number of ether oxygens (including phenoxy) is 1. The predicted molar refractivity (Wildman–Crippen MR) is 68.6 cm³/mol. The molecule has 0 aliphatic carbocycles. The predicted octanol–water partition coefficient (Wildman–Crippen LogP) is 0.596. The fourth-order valence-corrected chi connectivity index (χ4v) is 0.990. The van der Waals surface area contributed by atoms with Crippen LogP contribution in [0.15, 0.2) is 0 Å². The van der Waals surface area contributed by atoms with Crippen LogP contribution in [0.3, 0.4) is 0 Å². The van der Waals surface area contributed by atoms with E-state index in [1.54, 1.807) is 0 Å². The highest BCUT2D eigenvalue weighted by atomic mass is 16.5. The maximum absolute atomic E-state index is 11.4. The van der Waals surface area contributed by atoms with Gasteiger partial charge >= 0.3 is 12.0 Å². The van der Waals surface area contributed by atoms with Crippen LogP contribution in [0.25, 0.3) is 0 Å². The van der Waals surface area contributed by atoms with E-state index >= 15 is 0 Å². The molecule has 3 N–H and O–H groups in total. The van der Waals surface area contributed by atoms with Crippen LogP contribution in [0.2, 0.25) is 0 Å². The third kappa shape index (κ3) is 9.01. The minimum absolute atomic E-state index is 0.0574. The first-order chi connectivity index (χ1) is 8.62. The summed E-state index contributed by atoms with van der Waals surface area (Å²) in [6, 6.07) is -0.611. The van der Waals surface area contributed by atoms with Gasteiger partial charge in [0.25, 0.3) is 5.91 Å². The standard InChI is InChI=1S/C12H22N2O5/c1-8(12(2,3)4)5-13-11(18)14-9(15)6-19-7-10(16)17/h8H,5-7H2,1-4H3,(H,16,17)(H2,13,14,15,18). The molecule has 0 heterocycles. The monoisotopic (exact) mass is 274 g/mol. The number of rotatable bonds is 6. The summed E-state index contributed by atoms with van der Waals surface area (Å²) in [5.41, 5.74) is 0.0574.